The van der Waals surface area contributed by atoms with Crippen molar-refractivity contribution in [3.8, 4) is 0 Å². The monoisotopic (exact) mass is 441 g/mol. The predicted octanol–water partition coefficient (Wildman–Crippen LogP) is 2.02. The van der Waals surface area contributed by atoms with Crippen molar-refractivity contribution >= 4 is 11.9 Å². The Kier molecular flexibility index (Phi) is 8.61. The Morgan fingerprint density at radius 3 is 2.78 bits per heavy atom. The van der Waals surface area contributed by atoms with E-state index in [-0.39, 0.29) is 18.0 Å². The second kappa shape index (κ2) is 11.6. The molecule has 0 saturated heterocycles. The molecule has 1 aliphatic rings. The lowest BCUT2D eigenvalue weighted by Crippen LogP contribution is -2.47. The number of benzene rings is 1. The average Bonchev–Trinajstić information content (AvgIpc) is 3.19. The molecule has 9 nitrogen and oxygen atoms in total. The summed E-state index contributed by atoms with van der Waals surface area (Å²) in [5, 5.41) is 14.4. The van der Waals surface area contributed by atoms with Crippen LogP contribution in [-0.4, -0.2) is 52.4 Å². The normalized spacial score (nSPS) is 16.9. The fourth-order valence-electron chi connectivity index (χ4n) is 3.52. The molecule has 32 heavy (non-hydrogen) atoms. The van der Waals surface area contributed by atoms with Crippen LogP contribution in [0.5, 0.6) is 0 Å². The summed E-state index contributed by atoms with van der Waals surface area (Å²) in [5.41, 5.74) is 1.72. The van der Waals surface area contributed by atoms with Gasteiger partial charge in [0.15, 0.2) is 11.8 Å². The van der Waals surface area contributed by atoms with Crippen molar-refractivity contribution in [2.24, 2.45) is 4.99 Å². The Balaban J connectivity index is 1.58. The third-order valence-corrected chi connectivity index (χ3v) is 5.49. The van der Waals surface area contributed by atoms with E-state index in [4.69, 9.17) is 9.73 Å². The molecule has 2 aromatic rings. The number of carbonyl (C=O) groups excluding carboxylic acids is 1. The predicted molar refractivity (Wildman–Crippen MR) is 124 cm³/mol. The molecule has 2 unspecified atom stereocenters. The van der Waals surface area contributed by atoms with Crippen LogP contribution in [0.15, 0.2) is 29.3 Å². The molecule has 0 bridgehead atoms. The molecular formula is C23H35N7O2. The van der Waals surface area contributed by atoms with Gasteiger partial charge in [-0.05, 0) is 44.4 Å². The second-order valence-electron chi connectivity index (χ2n) is 8.11. The van der Waals surface area contributed by atoms with E-state index in [1.807, 2.05) is 35.9 Å². The van der Waals surface area contributed by atoms with Crippen LogP contribution in [0.1, 0.15) is 61.2 Å². The van der Waals surface area contributed by atoms with Crippen LogP contribution < -0.4 is 16.0 Å². The van der Waals surface area contributed by atoms with Crippen molar-refractivity contribution in [1.29, 1.82) is 0 Å². The zero-order chi connectivity index (χ0) is 22.9. The topological polar surface area (TPSA) is 105 Å². The number of carbonyl (C=O) groups is 1. The van der Waals surface area contributed by atoms with Gasteiger partial charge < -0.3 is 20.7 Å². The van der Waals surface area contributed by atoms with E-state index in [0.717, 1.165) is 55.5 Å². The minimum atomic E-state index is -0.0390. The van der Waals surface area contributed by atoms with E-state index in [1.54, 1.807) is 7.11 Å². The molecular weight excluding hydrogens is 406 g/mol. The number of rotatable bonds is 9. The summed E-state index contributed by atoms with van der Waals surface area (Å²) in [6.07, 6.45) is 2.75. The van der Waals surface area contributed by atoms with Crippen LogP contribution in [-0.2, 0) is 30.9 Å². The maximum Gasteiger partial charge on any atom is 0.251 e. The molecule has 0 radical (unpaired) electrons. The summed E-state index contributed by atoms with van der Waals surface area (Å²) in [6, 6.07) is 8.02. The maximum atomic E-state index is 12.2. The largest absolute Gasteiger partial charge is 0.377 e. The van der Waals surface area contributed by atoms with Gasteiger partial charge in [0.2, 0.25) is 0 Å². The standard InChI is InChI=1S/C23H35N7O2/c1-5-16(3)26-22(31)18-9-7-17(8-10-18)13-25-23(24-6-2)27-19-11-12-21-28-20(15-32-4)29-30(21)14-19/h7-10,16,19H,5-6,11-15H2,1-4H3,(H,26,31)(H2,24,25,27). The average molecular weight is 442 g/mol. The molecule has 2 atom stereocenters. The van der Waals surface area contributed by atoms with Crippen molar-refractivity contribution in [3.05, 3.63) is 47.0 Å². The van der Waals surface area contributed by atoms with Crippen molar-refractivity contribution in [2.75, 3.05) is 13.7 Å². The highest BCUT2D eigenvalue weighted by Gasteiger charge is 2.22. The van der Waals surface area contributed by atoms with Crippen LogP contribution in [0, 0.1) is 0 Å². The van der Waals surface area contributed by atoms with Gasteiger partial charge >= 0.3 is 0 Å². The fraction of sp³-hybridized carbons (Fsp3) is 0.565. The Morgan fingerprint density at radius 1 is 1.31 bits per heavy atom. The number of ether oxygens (including phenoxy) is 1. The lowest BCUT2D eigenvalue weighted by atomic mass is 10.1. The number of aryl methyl sites for hydroxylation is 1. The SMILES string of the molecule is CCNC(=NCc1ccc(C(=O)NC(C)CC)cc1)NC1CCc2nc(COC)nn2C1. The number of methoxy groups -OCH3 is 1. The van der Waals surface area contributed by atoms with Crippen molar-refractivity contribution in [3.63, 3.8) is 0 Å². The van der Waals surface area contributed by atoms with Gasteiger partial charge in [0.25, 0.3) is 5.91 Å². The number of guanidine groups is 1. The molecule has 0 fully saturated rings. The molecule has 0 saturated carbocycles. The zero-order valence-electron chi connectivity index (χ0n) is 19.5. The molecule has 9 heteroatoms. The smallest absolute Gasteiger partial charge is 0.251 e. The van der Waals surface area contributed by atoms with Gasteiger partial charge in [0.05, 0.1) is 13.1 Å². The molecule has 0 spiro atoms. The van der Waals surface area contributed by atoms with Gasteiger partial charge in [-0.3, -0.25) is 4.79 Å². The molecule has 174 valence electrons. The molecule has 1 aliphatic heterocycles. The van der Waals surface area contributed by atoms with Crippen molar-refractivity contribution in [2.45, 2.75) is 71.8 Å². The van der Waals surface area contributed by atoms with E-state index in [9.17, 15) is 4.79 Å². The third-order valence-electron chi connectivity index (χ3n) is 5.49. The van der Waals surface area contributed by atoms with Crippen LogP contribution >= 0.6 is 0 Å². The van der Waals surface area contributed by atoms with Crippen molar-refractivity contribution < 1.29 is 9.53 Å². The zero-order valence-corrected chi connectivity index (χ0v) is 19.5. The Morgan fingerprint density at radius 2 is 2.09 bits per heavy atom. The minimum Gasteiger partial charge on any atom is -0.377 e. The summed E-state index contributed by atoms with van der Waals surface area (Å²) in [6.45, 7) is 8.59. The molecule has 2 heterocycles. The number of hydrogen-bond donors (Lipinski definition) is 3. The van der Waals surface area contributed by atoms with Crippen LogP contribution in [0.4, 0.5) is 0 Å². The summed E-state index contributed by atoms with van der Waals surface area (Å²) in [4.78, 5) is 21.5. The minimum absolute atomic E-state index is 0.0390. The number of nitrogens with zero attached hydrogens (tertiary/aromatic N) is 4. The maximum absolute atomic E-state index is 12.2. The lowest BCUT2D eigenvalue weighted by Gasteiger charge is -2.25. The first-order valence-corrected chi connectivity index (χ1v) is 11.4. The fourth-order valence-corrected chi connectivity index (χ4v) is 3.52. The highest BCUT2D eigenvalue weighted by molar-refractivity contribution is 5.94. The first kappa shape index (κ1) is 23.7. The van der Waals surface area contributed by atoms with Gasteiger partial charge in [0, 0.05) is 37.7 Å². The Bertz CT molecular complexity index is 908. The Labute approximate surface area is 190 Å². The van der Waals surface area contributed by atoms with E-state index < -0.39 is 0 Å². The van der Waals surface area contributed by atoms with E-state index in [0.29, 0.717) is 18.7 Å². The van der Waals surface area contributed by atoms with Gasteiger partial charge in [-0.2, -0.15) is 5.10 Å². The van der Waals surface area contributed by atoms with Gasteiger partial charge in [-0.25, -0.2) is 14.7 Å². The Hall–Kier alpha value is -2.94. The molecule has 3 N–H and O–H groups in total. The van der Waals surface area contributed by atoms with E-state index >= 15 is 0 Å². The lowest BCUT2D eigenvalue weighted by molar-refractivity contribution is 0.0939. The molecule has 1 amide bonds. The summed E-state index contributed by atoms with van der Waals surface area (Å²) in [7, 11) is 1.65. The first-order valence-electron chi connectivity index (χ1n) is 11.4. The number of hydrogen-bond acceptors (Lipinski definition) is 5. The van der Waals surface area contributed by atoms with Crippen molar-refractivity contribution in [1.82, 2.24) is 30.7 Å². The van der Waals surface area contributed by atoms with Gasteiger partial charge in [-0.1, -0.05) is 19.1 Å². The summed E-state index contributed by atoms with van der Waals surface area (Å²) in [5.74, 6) is 2.47. The number of fused-ring (bicyclic) bond motifs is 1. The first-order chi connectivity index (χ1) is 15.5. The van der Waals surface area contributed by atoms with Crippen LogP contribution in [0.25, 0.3) is 0 Å². The highest BCUT2D eigenvalue weighted by Crippen LogP contribution is 2.14. The third kappa shape index (κ3) is 6.53. The molecule has 1 aromatic heterocycles. The number of amides is 1. The molecule has 1 aromatic carbocycles. The highest BCUT2D eigenvalue weighted by atomic mass is 16.5. The van der Waals surface area contributed by atoms with E-state index in [2.05, 4.69) is 39.9 Å². The molecule has 0 aliphatic carbocycles. The number of nitrogens with one attached hydrogen (secondary N) is 3. The van der Waals surface area contributed by atoms with Gasteiger partial charge in [0.1, 0.15) is 12.4 Å². The van der Waals surface area contributed by atoms with E-state index in [1.165, 1.54) is 0 Å². The number of aliphatic imine (C=N–C) groups is 1. The summed E-state index contributed by atoms with van der Waals surface area (Å²) >= 11 is 0. The van der Waals surface area contributed by atoms with Crippen LogP contribution in [0.2, 0.25) is 0 Å². The number of aromatic nitrogens is 3. The van der Waals surface area contributed by atoms with Crippen LogP contribution in [0.3, 0.4) is 0 Å². The summed E-state index contributed by atoms with van der Waals surface area (Å²) < 4.78 is 7.10. The van der Waals surface area contributed by atoms with Gasteiger partial charge in [-0.15, -0.1) is 0 Å². The second-order valence-corrected chi connectivity index (χ2v) is 8.11. The quantitative estimate of drug-likeness (QED) is 0.406. The molecule has 3 rings (SSSR count).